The molecular weight excluding hydrogens is 156 g/mol. The summed E-state index contributed by atoms with van der Waals surface area (Å²) in [5, 5.41) is 13.1. The van der Waals surface area contributed by atoms with Crippen LogP contribution in [0.25, 0.3) is 0 Å². The Morgan fingerprint density at radius 2 is 2.50 bits per heavy atom. The van der Waals surface area contributed by atoms with Crippen molar-refractivity contribution < 1.29 is 9.84 Å². The molecule has 0 radical (unpaired) electrons. The van der Waals surface area contributed by atoms with Crippen molar-refractivity contribution >= 4 is 0 Å². The van der Waals surface area contributed by atoms with Crippen molar-refractivity contribution in [3.63, 3.8) is 0 Å². The van der Waals surface area contributed by atoms with E-state index in [0.717, 1.165) is 5.56 Å². The van der Waals surface area contributed by atoms with Crippen LogP contribution in [-0.4, -0.2) is 22.0 Å². The third-order valence-electron chi connectivity index (χ3n) is 2.08. The number of ether oxygens (including phenoxy) is 1. The molecule has 0 aliphatic heterocycles. The zero-order valence-corrected chi connectivity index (χ0v) is 7.03. The number of aromatic nitrogens is 2. The highest BCUT2D eigenvalue weighted by Gasteiger charge is 2.28. The molecule has 12 heavy (non-hydrogen) atoms. The van der Waals surface area contributed by atoms with E-state index >= 15 is 0 Å². The summed E-state index contributed by atoms with van der Waals surface area (Å²) in [6.45, 7) is -0.00407. The fraction of sp³-hybridized carbons (Fsp3) is 0.625. The monoisotopic (exact) mass is 168 g/mol. The molecule has 0 atom stereocenters. The van der Waals surface area contributed by atoms with Crippen molar-refractivity contribution in [2.24, 2.45) is 0 Å². The number of hydrogen-bond donors (Lipinski definition) is 1. The third kappa shape index (κ3) is 1.08. The highest BCUT2D eigenvalue weighted by molar-refractivity contribution is 5.24. The molecule has 0 bridgehead atoms. The predicted octanol–water partition coefficient (Wildman–Crippen LogP) is 0.719. The summed E-state index contributed by atoms with van der Waals surface area (Å²) in [6.07, 6.45) is 4.00. The second-order valence-corrected chi connectivity index (χ2v) is 3.01. The average molecular weight is 168 g/mol. The van der Waals surface area contributed by atoms with Crippen molar-refractivity contribution in [1.29, 1.82) is 0 Å². The molecule has 1 saturated carbocycles. The van der Waals surface area contributed by atoms with Crippen molar-refractivity contribution in [3.8, 4) is 5.88 Å². The van der Waals surface area contributed by atoms with Gasteiger partial charge in [0.05, 0.1) is 31.5 Å². The molecule has 2 rings (SSSR count). The molecule has 1 aromatic heterocycles. The van der Waals surface area contributed by atoms with Gasteiger partial charge in [0, 0.05) is 0 Å². The Morgan fingerprint density at radius 3 is 3.00 bits per heavy atom. The van der Waals surface area contributed by atoms with Crippen molar-refractivity contribution in [3.05, 3.63) is 11.8 Å². The summed E-state index contributed by atoms with van der Waals surface area (Å²) in [6, 6.07) is 0.500. The van der Waals surface area contributed by atoms with E-state index in [1.54, 1.807) is 13.3 Å². The molecule has 1 aliphatic carbocycles. The SMILES string of the molecule is COc1c(CO)cnn1C1CC1. The molecule has 1 heterocycles. The van der Waals surface area contributed by atoms with Crippen LogP contribution in [0.5, 0.6) is 5.88 Å². The van der Waals surface area contributed by atoms with E-state index in [-0.39, 0.29) is 6.61 Å². The minimum absolute atomic E-state index is 0.00407. The van der Waals surface area contributed by atoms with Crippen LogP contribution < -0.4 is 4.74 Å². The molecule has 4 heteroatoms. The van der Waals surface area contributed by atoms with Gasteiger partial charge in [-0.25, -0.2) is 4.68 Å². The van der Waals surface area contributed by atoms with Crippen molar-refractivity contribution in [2.45, 2.75) is 25.5 Å². The standard InChI is InChI=1S/C8H12N2O2/c1-12-8-6(5-11)4-9-10(8)7-2-3-7/h4,7,11H,2-3,5H2,1H3. The first-order valence-electron chi connectivity index (χ1n) is 4.08. The van der Waals surface area contributed by atoms with Crippen LogP contribution in [0.1, 0.15) is 24.4 Å². The van der Waals surface area contributed by atoms with E-state index in [2.05, 4.69) is 5.10 Å². The van der Waals surface area contributed by atoms with Gasteiger partial charge in [0.2, 0.25) is 5.88 Å². The number of aliphatic hydroxyl groups excluding tert-OH is 1. The fourth-order valence-corrected chi connectivity index (χ4v) is 1.30. The molecule has 1 aromatic rings. The van der Waals surface area contributed by atoms with Gasteiger partial charge in [0.25, 0.3) is 0 Å². The molecule has 1 N–H and O–H groups in total. The van der Waals surface area contributed by atoms with Crippen LogP contribution >= 0.6 is 0 Å². The predicted molar refractivity (Wildman–Crippen MR) is 43.0 cm³/mol. The molecular formula is C8H12N2O2. The Labute approximate surface area is 70.8 Å². The molecule has 0 spiro atoms. The second-order valence-electron chi connectivity index (χ2n) is 3.01. The van der Waals surface area contributed by atoms with E-state index in [1.165, 1.54) is 12.8 Å². The van der Waals surface area contributed by atoms with Gasteiger partial charge in [-0.15, -0.1) is 0 Å². The maximum absolute atomic E-state index is 8.93. The Morgan fingerprint density at radius 1 is 1.75 bits per heavy atom. The molecule has 0 saturated heterocycles. The molecule has 0 aromatic carbocycles. The zero-order chi connectivity index (χ0) is 8.55. The normalized spacial score (nSPS) is 16.5. The quantitative estimate of drug-likeness (QED) is 0.723. The van der Waals surface area contributed by atoms with Crippen LogP contribution in [0.15, 0.2) is 6.20 Å². The van der Waals surface area contributed by atoms with Gasteiger partial charge in [0.15, 0.2) is 0 Å². The van der Waals surface area contributed by atoms with Gasteiger partial charge in [-0.05, 0) is 12.8 Å². The van der Waals surface area contributed by atoms with Crippen LogP contribution in [0.3, 0.4) is 0 Å². The minimum Gasteiger partial charge on any atom is -0.481 e. The second kappa shape index (κ2) is 2.79. The maximum Gasteiger partial charge on any atom is 0.217 e. The third-order valence-corrected chi connectivity index (χ3v) is 2.08. The van der Waals surface area contributed by atoms with E-state index in [0.29, 0.717) is 11.9 Å². The number of rotatable bonds is 3. The van der Waals surface area contributed by atoms with Gasteiger partial charge >= 0.3 is 0 Å². The number of nitrogens with zero attached hydrogens (tertiary/aromatic N) is 2. The largest absolute Gasteiger partial charge is 0.481 e. The maximum atomic E-state index is 8.93. The van der Waals surface area contributed by atoms with Gasteiger partial charge in [0.1, 0.15) is 0 Å². The van der Waals surface area contributed by atoms with Crippen molar-refractivity contribution in [2.75, 3.05) is 7.11 Å². The van der Waals surface area contributed by atoms with Gasteiger partial charge < -0.3 is 9.84 Å². The fourth-order valence-electron chi connectivity index (χ4n) is 1.30. The highest BCUT2D eigenvalue weighted by Crippen LogP contribution is 2.38. The van der Waals surface area contributed by atoms with Crippen LogP contribution in [0, 0.1) is 0 Å². The van der Waals surface area contributed by atoms with E-state index in [9.17, 15) is 0 Å². The van der Waals surface area contributed by atoms with Crippen LogP contribution in [-0.2, 0) is 6.61 Å². The Balaban J connectivity index is 2.33. The van der Waals surface area contributed by atoms with Gasteiger partial charge in [-0.1, -0.05) is 0 Å². The molecule has 4 nitrogen and oxygen atoms in total. The lowest BCUT2D eigenvalue weighted by Gasteiger charge is -2.04. The molecule has 0 unspecified atom stereocenters. The Kier molecular flexibility index (Phi) is 1.77. The van der Waals surface area contributed by atoms with Gasteiger partial charge in [-0.2, -0.15) is 5.10 Å². The number of methoxy groups -OCH3 is 1. The van der Waals surface area contributed by atoms with Gasteiger partial charge in [-0.3, -0.25) is 0 Å². The minimum atomic E-state index is -0.00407. The zero-order valence-electron chi connectivity index (χ0n) is 7.03. The average Bonchev–Trinajstić information content (AvgIpc) is 2.85. The summed E-state index contributed by atoms with van der Waals surface area (Å²) >= 11 is 0. The first-order chi connectivity index (χ1) is 5.86. The summed E-state index contributed by atoms with van der Waals surface area (Å²) in [4.78, 5) is 0. The number of hydrogen-bond acceptors (Lipinski definition) is 3. The van der Waals surface area contributed by atoms with Crippen LogP contribution in [0.4, 0.5) is 0 Å². The topological polar surface area (TPSA) is 47.3 Å². The molecule has 1 fully saturated rings. The highest BCUT2D eigenvalue weighted by atomic mass is 16.5. The molecule has 1 aliphatic rings. The molecule has 66 valence electrons. The lowest BCUT2D eigenvalue weighted by atomic mass is 10.4. The molecule has 0 amide bonds. The Hall–Kier alpha value is -1.03. The Bertz CT molecular complexity index is 279. The lowest BCUT2D eigenvalue weighted by Crippen LogP contribution is -2.00. The van der Waals surface area contributed by atoms with Crippen molar-refractivity contribution in [1.82, 2.24) is 9.78 Å². The summed E-state index contributed by atoms with van der Waals surface area (Å²) in [5.74, 6) is 0.708. The van der Waals surface area contributed by atoms with Crippen LogP contribution in [0.2, 0.25) is 0 Å². The lowest BCUT2D eigenvalue weighted by molar-refractivity contribution is 0.270. The summed E-state index contributed by atoms with van der Waals surface area (Å²) in [7, 11) is 1.61. The summed E-state index contributed by atoms with van der Waals surface area (Å²) in [5.41, 5.74) is 0.768. The van der Waals surface area contributed by atoms with E-state index in [4.69, 9.17) is 9.84 Å². The van der Waals surface area contributed by atoms with E-state index < -0.39 is 0 Å². The van der Waals surface area contributed by atoms with E-state index in [1.807, 2.05) is 4.68 Å². The first-order valence-corrected chi connectivity index (χ1v) is 4.08. The number of aliphatic hydroxyl groups is 1. The smallest absolute Gasteiger partial charge is 0.217 e. The summed E-state index contributed by atoms with van der Waals surface area (Å²) < 4.78 is 7.00. The first kappa shape index (κ1) is 7.61.